The molecule has 0 radical (unpaired) electrons. The highest BCUT2D eigenvalue weighted by Crippen LogP contribution is 2.20. The summed E-state index contributed by atoms with van der Waals surface area (Å²) in [4.78, 5) is 8.87. The fourth-order valence-corrected chi connectivity index (χ4v) is 2.17. The van der Waals surface area contributed by atoms with Crippen LogP contribution in [-0.2, 0) is 7.05 Å². The zero-order chi connectivity index (χ0) is 11.8. The van der Waals surface area contributed by atoms with Gasteiger partial charge in [0.2, 0.25) is 4.73 Å². The average molecular weight is 289 g/mol. The highest BCUT2D eigenvalue weighted by Gasteiger charge is 2.09. The van der Waals surface area contributed by atoms with E-state index >= 15 is 0 Å². The van der Waals surface area contributed by atoms with Crippen LogP contribution in [0.5, 0.6) is 0 Å². The smallest absolute Gasteiger partial charge is 0.217 e. The first-order chi connectivity index (χ1) is 8.24. The summed E-state index contributed by atoms with van der Waals surface area (Å²) in [5, 5.41) is 5.27. The molecule has 0 aliphatic rings. The predicted octanol–water partition coefficient (Wildman–Crippen LogP) is 2.79. The van der Waals surface area contributed by atoms with Gasteiger partial charge in [-0.25, -0.2) is 9.67 Å². The molecule has 0 spiro atoms. The van der Waals surface area contributed by atoms with Crippen molar-refractivity contribution in [1.82, 2.24) is 19.7 Å². The van der Waals surface area contributed by atoms with Gasteiger partial charge in [0.1, 0.15) is 5.69 Å². The minimum absolute atomic E-state index is 0.574. The third-order valence-corrected chi connectivity index (χ3v) is 2.90. The average Bonchev–Trinajstić information content (AvgIpc) is 2.68. The second kappa shape index (κ2) is 3.92. The Labute approximate surface area is 106 Å². The Kier molecular flexibility index (Phi) is 2.40. The summed E-state index contributed by atoms with van der Waals surface area (Å²) in [6.45, 7) is 0. The number of fused-ring (bicyclic) bond motifs is 1. The first-order valence-corrected chi connectivity index (χ1v) is 5.96. The lowest BCUT2D eigenvalue weighted by atomic mass is 10.2. The van der Waals surface area contributed by atoms with E-state index in [1.54, 1.807) is 4.68 Å². The summed E-state index contributed by atoms with van der Waals surface area (Å²) in [6, 6.07) is 12.0. The molecule has 0 atom stereocenters. The van der Waals surface area contributed by atoms with Crippen LogP contribution in [0.3, 0.4) is 0 Å². The summed E-state index contributed by atoms with van der Waals surface area (Å²) in [5.74, 6) is 0.752. The highest BCUT2D eigenvalue weighted by atomic mass is 79.9. The van der Waals surface area contributed by atoms with Crippen LogP contribution in [0, 0.1) is 0 Å². The zero-order valence-electron chi connectivity index (χ0n) is 9.13. The van der Waals surface area contributed by atoms with Crippen molar-refractivity contribution in [1.29, 1.82) is 0 Å². The molecule has 0 N–H and O–H groups in total. The molecule has 84 valence electrons. The number of hydrogen-bond acceptors (Lipinski definition) is 3. The number of benzene rings is 1. The van der Waals surface area contributed by atoms with Crippen molar-refractivity contribution in [2.75, 3.05) is 0 Å². The minimum atomic E-state index is 0.574. The lowest BCUT2D eigenvalue weighted by Crippen LogP contribution is -1.96. The van der Waals surface area contributed by atoms with E-state index in [9.17, 15) is 0 Å². The molecule has 4 nitrogen and oxygen atoms in total. The van der Waals surface area contributed by atoms with E-state index in [0.29, 0.717) is 4.73 Å². The number of pyridine rings is 1. The van der Waals surface area contributed by atoms with Crippen LogP contribution in [0.4, 0.5) is 0 Å². The van der Waals surface area contributed by atoms with Gasteiger partial charge in [-0.3, -0.25) is 0 Å². The van der Waals surface area contributed by atoms with Gasteiger partial charge in [0.25, 0.3) is 0 Å². The van der Waals surface area contributed by atoms with Crippen LogP contribution in [0.25, 0.3) is 22.4 Å². The molecule has 0 unspecified atom stereocenters. The Morgan fingerprint density at radius 3 is 2.65 bits per heavy atom. The van der Waals surface area contributed by atoms with E-state index in [1.807, 2.05) is 43.4 Å². The van der Waals surface area contributed by atoms with Crippen LogP contribution < -0.4 is 0 Å². The maximum Gasteiger partial charge on any atom is 0.217 e. The van der Waals surface area contributed by atoms with Crippen LogP contribution in [0.1, 0.15) is 0 Å². The quantitative estimate of drug-likeness (QED) is 0.692. The Hall–Kier alpha value is -1.75. The van der Waals surface area contributed by atoms with E-state index < -0.39 is 0 Å². The summed E-state index contributed by atoms with van der Waals surface area (Å²) in [7, 11) is 1.85. The van der Waals surface area contributed by atoms with Gasteiger partial charge in [-0.2, -0.15) is 4.98 Å². The first kappa shape index (κ1) is 10.4. The normalized spacial score (nSPS) is 10.9. The minimum Gasteiger partial charge on any atom is -0.246 e. The maximum absolute atomic E-state index is 4.58. The lowest BCUT2D eigenvalue weighted by Gasteiger charge is -2.01. The number of nitrogens with zero attached hydrogens (tertiary/aromatic N) is 4. The van der Waals surface area contributed by atoms with Crippen LogP contribution in [0.15, 0.2) is 41.1 Å². The summed E-state index contributed by atoms with van der Waals surface area (Å²) < 4.78 is 2.28. The van der Waals surface area contributed by atoms with Crippen molar-refractivity contribution in [3.05, 3.63) is 41.1 Å². The second-order valence-corrected chi connectivity index (χ2v) is 4.43. The van der Waals surface area contributed by atoms with E-state index in [1.165, 1.54) is 0 Å². The number of hydrogen-bond donors (Lipinski definition) is 0. The summed E-state index contributed by atoms with van der Waals surface area (Å²) >= 11 is 3.26. The molecule has 1 aromatic carbocycles. The summed E-state index contributed by atoms with van der Waals surface area (Å²) in [5.41, 5.74) is 1.79. The number of rotatable bonds is 1. The SMILES string of the molecule is Cn1nc(Br)nc1-c1ccc2ccccc2n1. The zero-order valence-corrected chi connectivity index (χ0v) is 10.7. The van der Waals surface area contributed by atoms with Crippen LogP contribution in [-0.4, -0.2) is 19.7 Å². The largest absolute Gasteiger partial charge is 0.246 e. The third-order valence-electron chi connectivity index (χ3n) is 2.56. The van der Waals surface area contributed by atoms with Gasteiger partial charge in [-0.15, -0.1) is 5.10 Å². The van der Waals surface area contributed by atoms with Crippen molar-refractivity contribution in [3.8, 4) is 11.5 Å². The second-order valence-electron chi connectivity index (χ2n) is 3.72. The van der Waals surface area contributed by atoms with Crippen molar-refractivity contribution in [2.45, 2.75) is 0 Å². The Morgan fingerprint density at radius 2 is 1.88 bits per heavy atom. The molecular formula is C12H9BrN4. The predicted molar refractivity (Wildman–Crippen MR) is 69.4 cm³/mol. The van der Waals surface area contributed by atoms with Gasteiger partial charge >= 0.3 is 0 Å². The topological polar surface area (TPSA) is 43.6 Å². The molecule has 2 heterocycles. The molecule has 5 heteroatoms. The van der Waals surface area contributed by atoms with Crippen molar-refractivity contribution < 1.29 is 0 Å². The molecule has 17 heavy (non-hydrogen) atoms. The molecule has 0 saturated carbocycles. The molecule has 0 aliphatic carbocycles. The van der Waals surface area contributed by atoms with Gasteiger partial charge in [-0.05, 0) is 28.1 Å². The number of halogens is 1. The Bertz CT molecular complexity index is 690. The Balaban J connectivity index is 2.21. The molecule has 0 saturated heterocycles. The molecule has 0 aliphatic heterocycles. The molecular weight excluding hydrogens is 280 g/mol. The lowest BCUT2D eigenvalue weighted by molar-refractivity contribution is 0.766. The fraction of sp³-hybridized carbons (Fsp3) is 0.0833. The van der Waals surface area contributed by atoms with Gasteiger partial charge in [-0.1, -0.05) is 24.3 Å². The first-order valence-electron chi connectivity index (χ1n) is 5.17. The fourth-order valence-electron chi connectivity index (χ4n) is 1.77. The number of aryl methyl sites for hydroxylation is 1. The van der Waals surface area contributed by atoms with Crippen LogP contribution in [0.2, 0.25) is 0 Å². The molecule has 0 fully saturated rings. The van der Waals surface area contributed by atoms with Crippen molar-refractivity contribution >= 4 is 26.8 Å². The maximum atomic E-state index is 4.58. The highest BCUT2D eigenvalue weighted by molar-refractivity contribution is 9.10. The van der Waals surface area contributed by atoms with Gasteiger partial charge in [0, 0.05) is 12.4 Å². The van der Waals surface area contributed by atoms with Gasteiger partial charge in [0.15, 0.2) is 5.82 Å². The van der Waals surface area contributed by atoms with E-state index in [0.717, 1.165) is 22.4 Å². The summed E-state index contributed by atoms with van der Waals surface area (Å²) in [6.07, 6.45) is 0. The van der Waals surface area contributed by atoms with Gasteiger partial charge < -0.3 is 0 Å². The number of aromatic nitrogens is 4. The van der Waals surface area contributed by atoms with E-state index in [-0.39, 0.29) is 0 Å². The molecule has 3 aromatic rings. The third kappa shape index (κ3) is 1.82. The molecule has 0 bridgehead atoms. The van der Waals surface area contributed by atoms with E-state index in [2.05, 4.69) is 31.0 Å². The number of para-hydroxylation sites is 1. The van der Waals surface area contributed by atoms with Crippen LogP contribution >= 0.6 is 15.9 Å². The van der Waals surface area contributed by atoms with Gasteiger partial charge in [0.05, 0.1) is 5.52 Å². The van der Waals surface area contributed by atoms with E-state index in [4.69, 9.17) is 0 Å². The Morgan fingerprint density at radius 1 is 1.06 bits per heavy atom. The van der Waals surface area contributed by atoms with Crippen molar-refractivity contribution in [3.63, 3.8) is 0 Å². The standard InChI is InChI=1S/C12H9BrN4/c1-17-11(15-12(13)16-17)10-7-6-8-4-2-3-5-9(8)14-10/h2-7H,1H3. The monoisotopic (exact) mass is 288 g/mol. The molecule has 0 amide bonds. The molecule has 3 rings (SSSR count). The molecule has 2 aromatic heterocycles. The van der Waals surface area contributed by atoms with Crippen molar-refractivity contribution in [2.24, 2.45) is 7.05 Å².